The average molecular weight is 339 g/mol. The van der Waals surface area contributed by atoms with Crippen LogP contribution >= 0.6 is 0 Å². The van der Waals surface area contributed by atoms with Crippen molar-refractivity contribution in [1.29, 1.82) is 5.26 Å². The van der Waals surface area contributed by atoms with Gasteiger partial charge in [-0.25, -0.2) is 0 Å². The molecule has 2 heterocycles. The van der Waals surface area contributed by atoms with Crippen molar-refractivity contribution in [2.45, 2.75) is 18.9 Å². The summed E-state index contributed by atoms with van der Waals surface area (Å²) in [4.78, 5) is 2.19. The van der Waals surface area contributed by atoms with Crippen molar-refractivity contribution < 1.29 is 9.47 Å². The van der Waals surface area contributed by atoms with Crippen LogP contribution in [0.25, 0.3) is 0 Å². The van der Waals surface area contributed by atoms with Gasteiger partial charge in [-0.05, 0) is 25.0 Å². The van der Waals surface area contributed by atoms with Gasteiger partial charge in [-0.2, -0.15) is 5.26 Å². The van der Waals surface area contributed by atoms with Crippen molar-refractivity contribution in [3.8, 4) is 17.6 Å². The molecule has 0 aliphatic carbocycles. The van der Waals surface area contributed by atoms with Gasteiger partial charge >= 0.3 is 0 Å². The Labute approximate surface area is 147 Å². The van der Waals surface area contributed by atoms with Crippen LogP contribution in [0.15, 0.2) is 30.3 Å². The van der Waals surface area contributed by atoms with Gasteiger partial charge in [-0.15, -0.1) is 10.2 Å². The lowest BCUT2D eigenvalue weighted by Crippen LogP contribution is -2.42. The van der Waals surface area contributed by atoms with Crippen LogP contribution in [0, 0.1) is 11.3 Å². The molecule has 0 radical (unpaired) electrons. The standard InChI is InChI=1S/C18H21N5O2/c1-24-16-8-15(9-17(10-16)25-2)20-14-4-3-7-23(12-14)18-6-5-13(11-19)21-22-18/h5-6,8-10,14,20H,3-4,7,12H2,1-2H3. The fourth-order valence-corrected chi connectivity index (χ4v) is 2.98. The Kier molecular flexibility index (Phi) is 5.19. The Morgan fingerprint density at radius 3 is 2.52 bits per heavy atom. The summed E-state index contributed by atoms with van der Waals surface area (Å²) >= 11 is 0. The molecule has 1 aliphatic heterocycles. The molecule has 1 unspecified atom stereocenters. The highest BCUT2D eigenvalue weighted by Gasteiger charge is 2.21. The zero-order valence-corrected chi connectivity index (χ0v) is 14.4. The minimum Gasteiger partial charge on any atom is -0.497 e. The van der Waals surface area contributed by atoms with Gasteiger partial charge < -0.3 is 19.7 Å². The van der Waals surface area contributed by atoms with Crippen molar-refractivity contribution in [2.75, 3.05) is 37.5 Å². The molecule has 25 heavy (non-hydrogen) atoms. The Morgan fingerprint density at radius 1 is 1.16 bits per heavy atom. The first kappa shape index (κ1) is 16.8. The van der Waals surface area contributed by atoms with E-state index in [0.29, 0.717) is 5.69 Å². The second kappa shape index (κ2) is 7.71. The van der Waals surface area contributed by atoms with Gasteiger partial charge in [0.05, 0.1) is 14.2 Å². The van der Waals surface area contributed by atoms with Gasteiger partial charge in [0.1, 0.15) is 17.6 Å². The number of benzene rings is 1. The predicted molar refractivity (Wildman–Crippen MR) is 95.2 cm³/mol. The first-order valence-corrected chi connectivity index (χ1v) is 8.20. The van der Waals surface area contributed by atoms with Crippen LogP contribution < -0.4 is 19.7 Å². The Hall–Kier alpha value is -3.01. The van der Waals surface area contributed by atoms with E-state index in [2.05, 4.69) is 20.4 Å². The van der Waals surface area contributed by atoms with Crippen molar-refractivity contribution in [1.82, 2.24) is 10.2 Å². The topological polar surface area (TPSA) is 83.3 Å². The van der Waals surface area contributed by atoms with E-state index < -0.39 is 0 Å². The van der Waals surface area contributed by atoms with Crippen molar-refractivity contribution >= 4 is 11.5 Å². The summed E-state index contributed by atoms with van der Waals surface area (Å²) in [5.74, 6) is 2.31. The van der Waals surface area contributed by atoms with E-state index in [1.807, 2.05) is 30.3 Å². The maximum Gasteiger partial charge on any atom is 0.163 e. The molecule has 0 spiro atoms. The summed E-state index contributed by atoms with van der Waals surface area (Å²) in [5, 5.41) is 20.5. The third-order valence-electron chi connectivity index (χ3n) is 4.23. The van der Waals surface area contributed by atoms with Crippen LogP contribution in [-0.4, -0.2) is 43.5 Å². The number of hydrogen-bond donors (Lipinski definition) is 1. The summed E-state index contributed by atoms with van der Waals surface area (Å²) < 4.78 is 10.6. The van der Waals surface area contributed by atoms with Gasteiger partial charge in [0.25, 0.3) is 0 Å². The van der Waals surface area contributed by atoms with Crippen molar-refractivity contribution in [2.24, 2.45) is 0 Å². The van der Waals surface area contributed by atoms with E-state index >= 15 is 0 Å². The number of hydrogen-bond acceptors (Lipinski definition) is 7. The van der Waals surface area contributed by atoms with Crippen molar-refractivity contribution in [3.05, 3.63) is 36.0 Å². The van der Waals surface area contributed by atoms with E-state index in [4.69, 9.17) is 14.7 Å². The Balaban J connectivity index is 1.70. The van der Waals surface area contributed by atoms with Crippen molar-refractivity contribution in [3.63, 3.8) is 0 Å². The SMILES string of the molecule is COc1cc(NC2CCCN(c3ccc(C#N)nn3)C2)cc(OC)c1. The van der Waals surface area contributed by atoms with Crippen LogP contribution in [0.5, 0.6) is 11.5 Å². The Bertz CT molecular complexity index is 735. The molecule has 1 aromatic carbocycles. The number of nitrogens with one attached hydrogen (secondary N) is 1. The van der Waals surface area contributed by atoms with E-state index in [1.54, 1.807) is 20.3 Å². The molecule has 1 fully saturated rings. The van der Waals surface area contributed by atoms with E-state index in [-0.39, 0.29) is 6.04 Å². The highest BCUT2D eigenvalue weighted by molar-refractivity contribution is 5.55. The number of nitriles is 1. The molecule has 1 saturated heterocycles. The zero-order valence-electron chi connectivity index (χ0n) is 14.4. The molecule has 1 atom stereocenters. The summed E-state index contributed by atoms with van der Waals surface area (Å²) in [5.41, 5.74) is 1.30. The highest BCUT2D eigenvalue weighted by Crippen LogP contribution is 2.27. The third kappa shape index (κ3) is 4.10. The maximum atomic E-state index is 8.83. The Morgan fingerprint density at radius 2 is 1.92 bits per heavy atom. The molecule has 0 bridgehead atoms. The molecule has 1 aliphatic rings. The third-order valence-corrected chi connectivity index (χ3v) is 4.23. The number of nitrogens with zero attached hydrogens (tertiary/aromatic N) is 4. The smallest absolute Gasteiger partial charge is 0.163 e. The van der Waals surface area contributed by atoms with E-state index in [1.165, 1.54) is 0 Å². The second-order valence-electron chi connectivity index (χ2n) is 5.92. The molecule has 1 N–H and O–H groups in total. The molecule has 7 heteroatoms. The maximum absolute atomic E-state index is 8.83. The molecule has 2 aromatic rings. The monoisotopic (exact) mass is 339 g/mol. The minimum atomic E-state index is 0.281. The second-order valence-corrected chi connectivity index (χ2v) is 5.92. The number of rotatable bonds is 5. The largest absolute Gasteiger partial charge is 0.497 e. The van der Waals surface area contributed by atoms with Gasteiger partial charge in [-0.3, -0.25) is 0 Å². The molecule has 1 aromatic heterocycles. The van der Waals surface area contributed by atoms with Crippen LogP contribution in [0.4, 0.5) is 11.5 Å². The van der Waals surface area contributed by atoms with Gasteiger partial charge in [0.2, 0.25) is 0 Å². The van der Waals surface area contributed by atoms with E-state index in [0.717, 1.165) is 48.9 Å². The molecular formula is C18H21N5O2. The van der Waals surface area contributed by atoms with Gasteiger partial charge in [-0.1, -0.05) is 0 Å². The van der Waals surface area contributed by atoms with Gasteiger partial charge in [0.15, 0.2) is 11.5 Å². The molecule has 0 saturated carbocycles. The number of methoxy groups -OCH3 is 2. The highest BCUT2D eigenvalue weighted by atomic mass is 16.5. The molecular weight excluding hydrogens is 318 g/mol. The molecule has 7 nitrogen and oxygen atoms in total. The normalized spacial score (nSPS) is 16.8. The first-order valence-electron chi connectivity index (χ1n) is 8.20. The van der Waals surface area contributed by atoms with Crippen LogP contribution in [0.3, 0.4) is 0 Å². The number of aromatic nitrogens is 2. The summed E-state index contributed by atoms with van der Waals surface area (Å²) in [7, 11) is 3.29. The predicted octanol–water partition coefficient (Wildman–Crippen LogP) is 2.45. The molecule has 130 valence electrons. The fraction of sp³-hybridized carbons (Fsp3) is 0.389. The minimum absolute atomic E-state index is 0.281. The van der Waals surface area contributed by atoms with Crippen LogP contribution in [0.2, 0.25) is 0 Å². The fourth-order valence-electron chi connectivity index (χ4n) is 2.98. The summed E-state index contributed by atoms with van der Waals surface area (Å²) in [6.45, 7) is 1.75. The van der Waals surface area contributed by atoms with Crippen LogP contribution in [0.1, 0.15) is 18.5 Å². The van der Waals surface area contributed by atoms with Crippen LogP contribution in [-0.2, 0) is 0 Å². The van der Waals surface area contributed by atoms with E-state index in [9.17, 15) is 0 Å². The van der Waals surface area contributed by atoms with Gasteiger partial charge in [0, 0.05) is 43.0 Å². The zero-order chi connectivity index (χ0) is 17.6. The average Bonchev–Trinajstić information content (AvgIpc) is 2.68. The lowest BCUT2D eigenvalue weighted by molar-refractivity contribution is 0.394. The lowest BCUT2D eigenvalue weighted by atomic mass is 10.1. The molecule has 3 rings (SSSR count). The summed E-state index contributed by atoms with van der Waals surface area (Å²) in [6.07, 6.45) is 2.13. The summed E-state index contributed by atoms with van der Waals surface area (Å²) in [6, 6.07) is 11.6. The lowest BCUT2D eigenvalue weighted by Gasteiger charge is -2.34. The molecule has 0 amide bonds. The number of anilines is 2. The quantitative estimate of drug-likeness (QED) is 0.895. The number of ether oxygens (including phenoxy) is 2. The number of piperidine rings is 1. The first-order chi connectivity index (χ1) is 12.2.